The zero-order valence-electron chi connectivity index (χ0n) is 16.1. The molecule has 0 heterocycles. The fourth-order valence-electron chi connectivity index (χ4n) is 3.62. The molecule has 0 saturated carbocycles. The highest BCUT2D eigenvalue weighted by atomic mass is 35.6. The van der Waals surface area contributed by atoms with Gasteiger partial charge in [-0.3, -0.25) is 0 Å². The van der Waals surface area contributed by atoms with Crippen molar-refractivity contribution in [2.24, 2.45) is 0 Å². The van der Waals surface area contributed by atoms with E-state index in [0.29, 0.717) is 0 Å². The molecule has 0 bridgehead atoms. The van der Waals surface area contributed by atoms with Gasteiger partial charge in [0, 0.05) is 0 Å². The number of aryl methyl sites for hydroxylation is 4. The molecule has 0 aromatic heterocycles. The molecule has 0 saturated heterocycles. The number of benzene rings is 3. The van der Waals surface area contributed by atoms with Crippen LogP contribution in [0.25, 0.3) is 0 Å². The van der Waals surface area contributed by atoms with Gasteiger partial charge in [-0.05, 0) is 58.9 Å². The molecule has 0 aliphatic carbocycles. The lowest BCUT2D eigenvalue weighted by molar-refractivity contribution is 1.09. The standard InChI is InChI=1S/C24H27ClSi/c1-5-20-15-21(6-2)17-23(16-20)26(25,22-10-8-7-9-11-22)24-14-18(3)12-13-19(24)4/h7-17H,5-6H2,1-4H3. The van der Waals surface area contributed by atoms with Crippen LogP contribution in [-0.4, -0.2) is 7.38 Å². The third-order valence-electron chi connectivity index (χ3n) is 5.20. The molecule has 1 unspecified atom stereocenters. The van der Waals surface area contributed by atoms with Gasteiger partial charge in [-0.2, -0.15) is 0 Å². The lowest BCUT2D eigenvalue weighted by atomic mass is 10.1. The zero-order chi connectivity index (χ0) is 18.7. The van der Waals surface area contributed by atoms with E-state index in [-0.39, 0.29) is 0 Å². The summed E-state index contributed by atoms with van der Waals surface area (Å²) < 4.78 is 0. The molecule has 0 nitrogen and oxygen atoms in total. The highest BCUT2D eigenvalue weighted by molar-refractivity contribution is 7.40. The summed E-state index contributed by atoms with van der Waals surface area (Å²) in [5.74, 6) is 0. The first-order valence-electron chi connectivity index (χ1n) is 9.44. The Labute approximate surface area is 163 Å². The fourth-order valence-corrected chi connectivity index (χ4v) is 8.37. The molecule has 0 spiro atoms. The minimum atomic E-state index is -2.58. The van der Waals surface area contributed by atoms with Crippen LogP contribution in [0, 0.1) is 13.8 Å². The Hall–Kier alpha value is -1.83. The van der Waals surface area contributed by atoms with Crippen molar-refractivity contribution in [2.45, 2.75) is 40.5 Å². The molecule has 0 amide bonds. The molecule has 26 heavy (non-hydrogen) atoms. The van der Waals surface area contributed by atoms with E-state index in [2.05, 4.69) is 94.4 Å². The summed E-state index contributed by atoms with van der Waals surface area (Å²) in [6, 6.07) is 24.4. The van der Waals surface area contributed by atoms with Crippen molar-refractivity contribution in [2.75, 3.05) is 0 Å². The van der Waals surface area contributed by atoms with Crippen LogP contribution in [0.15, 0.2) is 66.7 Å². The minimum Gasteiger partial charge on any atom is -0.149 e. The smallest absolute Gasteiger partial charge is 0.149 e. The van der Waals surface area contributed by atoms with Crippen molar-refractivity contribution in [3.63, 3.8) is 0 Å². The Balaban J connectivity index is 2.34. The molecule has 0 aliphatic heterocycles. The van der Waals surface area contributed by atoms with Gasteiger partial charge in [-0.1, -0.05) is 86.1 Å². The summed E-state index contributed by atoms with van der Waals surface area (Å²) in [4.78, 5) is 0. The largest absolute Gasteiger partial charge is 0.248 e. The molecule has 2 heteroatoms. The van der Waals surface area contributed by atoms with Crippen LogP contribution in [0.1, 0.15) is 36.1 Å². The maximum atomic E-state index is 7.69. The average Bonchev–Trinajstić information content (AvgIpc) is 2.69. The quantitative estimate of drug-likeness (QED) is 0.345. The summed E-state index contributed by atoms with van der Waals surface area (Å²) in [7, 11) is -2.58. The summed E-state index contributed by atoms with van der Waals surface area (Å²) in [6.45, 7) is 8.78. The van der Waals surface area contributed by atoms with Crippen molar-refractivity contribution in [1.29, 1.82) is 0 Å². The van der Waals surface area contributed by atoms with E-state index in [1.54, 1.807) is 0 Å². The normalized spacial score (nSPS) is 13.4. The van der Waals surface area contributed by atoms with E-state index in [9.17, 15) is 0 Å². The first kappa shape index (κ1) is 18.9. The first-order chi connectivity index (χ1) is 12.5. The minimum absolute atomic E-state index is 1.03. The molecule has 3 aromatic carbocycles. The van der Waals surface area contributed by atoms with Gasteiger partial charge < -0.3 is 0 Å². The van der Waals surface area contributed by atoms with Crippen molar-refractivity contribution in [3.8, 4) is 0 Å². The monoisotopic (exact) mass is 378 g/mol. The summed E-state index contributed by atoms with van der Waals surface area (Å²) >= 11 is 7.69. The van der Waals surface area contributed by atoms with E-state index in [4.69, 9.17) is 11.1 Å². The van der Waals surface area contributed by atoms with Crippen LogP contribution >= 0.6 is 11.1 Å². The van der Waals surface area contributed by atoms with E-state index in [1.807, 2.05) is 0 Å². The van der Waals surface area contributed by atoms with Gasteiger partial charge in [0.25, 0.3) is 0 Å². The van der Waals surface area contributed by atoms with Crippen molar-refractivity contribution in [1.82, 2.24) is 0 Å². The Bertz CT molecular complexity index is 879. The predicted octanol–water partition coefficient (Wildman–Crippen LogP) is 4.63. The van der Waals surface area contributed by atoms with Crippen LogP contribution in [0.3, 0.4) is 0 Å². The highest BCUT2D eigenvalue weighted by Crippen LogP contribution is 2.18. The average molecular weight is 379 g/mol. The summed E-state index contributed by atoms with van der Waals surface area (Å²) in [6.07, 6.45) is 2.06. The second kappa shape index (κ2) is 7.81. The summed E-state index contributed by atoms with van der Waals surface area (Å²) in [5.41, 5.74) is 5.29. The SMILES string of the molecule is CCc1cc(CC)cc([Si](Cl)(c2ccccc2)c2cc(C)ccc2C)c1. The second-order valence-electron chi connectivity index (χ2n) is 7.09. The van der Waals surface area contributed by atoms with Crippen molar-refractivity contribution in [3.05, 3.63) is 89.0 Å². The van der Waals surface area contributed by atoms with E-state index < -0.39 is 7.38 Å². The van der Waals surface area contributed by atoms with Gasteiger partial charge in [-0.25, -0.2) is 0 Å². The van der Waals surface area contributed by atoms with Gasteiger partial charge in [0.15, 0.2) is 0 Å². The van der Waals surface area contributed by atoms with Crippen LogP contribution in [0.2, 0.25) is 0 Å². The molecular formula is C24H27ClSi. The molecule has 1 atom stereocenters. The fraction of sp³-hybridized carbons (Fsp3) is 0.250. The number of hydrogen-bond donors (Lipinski definition) is 0. The van der Waals surface area contributed by atoms with Gasteiger partial charge in [0.05, 0.1) is 0 Å². The molecule has 0 radical (unpaired) electrons. The molecule has 3 aromatic rings. The third kappa shape index (κ3) is 3.51. The third-order valence-corrected chi connectivity index (χ3v) is 10.6. The molecule has 0 fully saturated rings. The lowest BCUT2D eigenvalue weighted by Gasteiger charge is -2.29. The van der Waals surface area contributed by atoms with E-state index in [0.717, 1.165) is 12.8 Å². The molecule has 0 N–H and O–H groups in total. The Morgan fingerprint density at radius 1 is 0.731 bits per heavy atom. The first-order valence-corrected chi connectivity index (χ1v) is 12.5. The van der Waals surface area contributed by atoms with Gasteiger partial charge in [0.2, 0.25) is 7.38 Å². The Kier molecular flexibility index (Phi) is 5.69. The molecule has 0 aliphatic rings. The van der Waals surface area contributed by atoms with Crippen LogP contribution in [0.4, 0.5) is 0 Å². The van der Waals surface area contributed by atoms with Gasteiger partial charge in [0.1, 0.15) is 0 Å². The number of hydrogen-bond acceptors (Lipinski definition) is 0. The summed E-state index contributed by atoms with van der Waals surface area (Å²) in [5, 5.41) is 3.86. The molecular weight excluding hydrogens is 352 g/mol. The predicted molar refractivity (Wildman–Crippen MR) is 118 cm³/mol. The zero-order valence-corrected chi connectivity index (χ0v) is 17.9. The second-order valence-corrected chi connectivity index (χ2v) is 11.8. The highest BCUT2D eigenvalue weighted by Gasteiger charge is 2.39. The maximum Gasteiger partial charge on any atom is 0.248 e. The van der Waals surface area contributed by atoms with Crippen LogP contribution in [-0.2, 0) is 12.8 Å². The molecule has 134 valence electrons. The topological polar surface area (TPSA) is 0 Å². The van der Waals surface area contributed by atoms with Crippen LogP contribution < -0.4 is 15.6 Å². The van der Waals surface area contributed by atoms with Crippen molar-refractivity contribution < 1.29 is 0 Å². The number of rotatable bonds is 5. The van der Waals surface area contributed by atoms with Crippen LogP contribution in [0.5, 0.6) is 0 Å². The Morgan fingerprint density at radius 2 is 1.35 bits per heavy atom. The number of halogens is 1. The lowest BCUT2D eigenvalue weighted by Crippen LogP contribution is -2.63. The maximum absolute atomic E-state index is 7.69. The van der Waals surface area contributed by atoms with E-state index in [1.165, 1.54) is 37.8 Å². The van der Waals surface area contributed by atoms with Crippen molar-refractivity contribution >= 4 is 34.0 Å². The van der Waals surface area contributed by atoms with Gasteiger partial charge in [-0.15, -0.1) is 11.1 Å². The van der Waals surface area contributed by atoms with E-state index >= 15 is 0 Å². The molecule has 3 rings (SSSR count). The van der Waals surface area contributed by atoms with Gasteiger partial charge >= 0.3 is 0 Å². The Morgan fingerprint density at radius 3 is 1.92 bits per heavy atom.